The van der Waals surface area contributed by atoms with Gasteiger partial charge in [0.15, 0.2) is 0 Å². The van der Waals surface area contributed by atoms with E-state index in [0.29, 0.717) is 18.2 Å². The van der Waals surface area contributed by atoms with Gasteiger partial charge in [0.25, 0.3) is 0 Å². The van der Waals surface area contributed by atoms with Crippen LogP contribution in [0.15, 0.2) is 12.3 Å². The second-order valence-corrected chi connectivity index (χ2v) is 7.61. The lowest BCUT2D eigenvalue weighted by Gasteiger charge is -2.29. The fraction of sp³-hybridized carbons (Fsp3) is 0.812. The Bertz CT molecular complexity index is 436. The van der Waals surface area contributed by atoms with Gasteiger partial charge in [0.1, 0.15) is 0 Å². The monoisotopic (exact) mass is 309 g/mol. The molecule has 0 unspecified atom stereocenters. The Morgan fingerprint density at radius 2 is 2.38 bits per heavy atom. The van der Waals surface area contributed by atoms with E-state index in [1.54, 1.807) is 0 Å². The van der Waals surface area contributed by atoms with Crippen molar-refractivity contribution >= 4 is 11.8 Å². The summed E-state index contributed by atoms with van der Waals surface area (Å²) in [5.41, 5.74) is 1.19. The highest BCUT2D eigenvalue weighted by Gasteiger charge is 2.27. The average molecular weight is 309 g/mol. The van der Waals surface area contributed by atoms with Gasteiger partial charge in [-0.3, -0.25) is 9.58 Å². The maximum atomic E-state index is 5.85. The number of ether oxygens (including phenoxy) is 1. The van der Waals surface area contributed by atoms with Crippen LogP contribution in [-0.4, -0.2) is 51.5 Å². The van der Waals surface area contributed by atoms with Crippen LogP contribution in [0, 0.1) is 0 Å². The molecule has 4 nitrogen and oxygen atoms in total. The van der Waals surface area contributed by atoms with E-state index in [-0.39, 0.29) is 0 Å². The largest absolute Gasteiger partial charge is 0.377 e. The molecule has 0 N–H and O–H groups in total. The van der Waals surface area contributed by atoms with Crippen LogP contribution >= 0.6 is 11.8 Å². The molecule has 2 saturated heterocycles. The Hall–Kier alpha value is -0.520. The molecule has 2 atom stereocenters. The maximum Gasteiger partial charge on any atom is 0.0765 e. The Kier molecular flexibility index (Phi) is 5.24. The highest BCUT2D eigenvalue weighted by atomic mass is 32.2. The second-order valence-electron chi connectivity index (χ2n) is 6.46. The van der Waals surface area contributed by atoms with Crippen molar-refractivity contribution in [1.82, 2.24) is 14.7 Å². The van der Waals surface area contributed by atoms with E-state index >= 15 is 0 Å². The lowest BCUT2D eigenvalue weighted by atomic mass is 10.1. The zero-order valence-electron chi connectivity index (χ0n) is 13.2. The summed E-state index contributed by atoms with van der Waals surface area (Å²) >= 11 is 2.08. The summed E-state index contributed by atoms with van der Waals surface area (Å²) < 4.78 is 7.91. The van der Waals surface area contributed by atoms with Crippen LogP contribution in [0.25, 0.3) is 0 Å². The molecule has 1 aromatic rings. The Balaban J connectivity index is 1.64. The molecule has 2 aliphatic rings. The average Bonchev–Trinajstić information content (AvgIpc) is 3.21. The third-order valence-electron chi connectivity index (χ3n) is 4.44. The van der Waals surface area contributed by atoms with Crippen molar-refractivity contribution in [1.29, 1.82) is 0 Å². The minimum atomic E-state index is 0.433. The SMILES string of the molecule is CC(C)n1ccc(CN(C[C@H]2CCCO2)[C@H]2CCSC2)n1. The van der Waals surface area contributed by atoms with Crippen LogP contribution in [-0.2, 0) is 11.3 Å². The van der Waals surface area contributed by atoms with Gasteiger partial charge in [0, 0.05) is 43.7 Å². The van der Waals surface area contributed by atoms with Crippen molar-refractivity contribution in [3.8, 4) is 0 Å². The molecule has 21 heavy (non-hydrogen) atoms. The van der Waals surface area contributed by atoms with Gasteiger partial charge in [-0.05, 0) is 44.9 Å². The number of aromatic nitrogens is 2. The summed E-state index contributed by atoms with van der Waals surface area (Å²) in [5.74, 6) is 2.56. The predicted octanol–water partition coefficient (Wildman–Crippen LogP) is 2.95. The van der Waals surface area contributed by atoms with E-state index in [9.17, 15) is 0 Å². The highest BCUT2D eigenvalue weighted by Crippen LogP contribution is 2.25. The molecule has 0 radical (unpaired) electrons. The smallest absolute Gasteiger partial charge is 0.0765 e. The first kappa shape index (κ1) is 15.4. The Morgan fingerprint density at radius 1 is 1.48 bits per heavy atom. The third-order valence-corrected chi connectivity index (χ3v) is 5.59. The van der Waals surface area contributed by atoms with Crippen molar-refractivity contribution in [2.45, 2.75) is 57.8 Å². The third kappa shape index (κ3) is 4.02. The lowest BCUT2D eigenvalue weighted by Crippen LogP contribution is -2.40. The second kappa shape index (κ2) is 7.16. The molecular formula is C16H27N3OS. The molecule has 0 saturated carbocycles. The van der Waals surface area contributed by atoms with E-state index in [4.69, 9.17) is 9.84 Å². The van der Waals surface area contributed by atoms with E-state index in [2.05, 4.69) is 47.5 Å². The molecule has 1 aromatic heterocycles. The minimum Gasteiger partial charge on any atom is -0.377 e. The van der Waals surface area contributed by atoms with Crippen molar-refractivity contribution < 1.29 is 4.74 Å². The molecule has 0 aliphatic carbocycles. The standard InChI is InChI=1S/C16H27N3OS/c1-13(2)19-7-5-14(17-19)10-18(15-6-9-21-12-15)11-16-4-3-8-20-16/h5,7,13,15-16H,3-4,6,8-12H2,1-2H3/t15-,16+/m0/s1. The lowest BCUT2D eigenvalue weighted by molar-refractivity contribution is 0.0569. The molecule has 2 fully saturated rings. The van der Waals surface area contributed by atoms with Crippen molar-refractivity contribution in [2.24, 2.45) is 0 Å². The number of hydrogen-bond acceptors (Lipinski definition) is 4. The first-order valence-corrected chi connectivity index (χ1v) is 9.35. The fourth-order valence-corrected chi connectivity index (χ4v) is 4.42. The number of thioether (sulfide) groups is 1. The molecule has 2 aliphatic heterocycles. The summed E-state index contributed by atoms with van der Waals surface area (Å²) in [7, 11) is 0. The summed E-state index contributed by atoms with van der Waals surface area (Å²) in [6.45, 7) is 7.33. The van der Waals surface area contributed by atoms with Crippen LogP contribution in [0.1, 0.15) is 44.8 Å². The summed E-state index contributed by atoms with van der Waals surface area (Å²) in [6.07, 6.45) is 6.29. The van der Waals surface area contributed by atoms with E-state index < -0.39 is 0 Å². The zero-order chi connectivity index (χ0) is 14.7. The van der Waals surface area contributed by atoms with Crippen LogP contribution < -0.4 is 0 Å². The van der Waals surface area contributed by atoms with Crippen LogP contribution in [0.4, 0.5) is 0 Å². The molecule has 3 rings (SSSR count). The first-order chi connectivity index (χ1) is 10.2. The van der Waals surface area contributed by atoms with Gasteiger partial charge < -0.3 is 4.74 Å². The van der Waals surface area contributed by atoms with E-state index in [0.717, 1.165) is 19.7 Å². The minimum absolute atomic E-state index is 0.433. The molecule has 0 spiro atoms. The van der Waals surface area contributed by atoms with Crippen LogP contribution in [0.5, 0.6) is 0 Å². The van der Waals surface area contributed by atoms with Crippen LogP contribution in [0.3, 0.4) is 0 Å². The van der Waals surface area contributed by atoms with Crippen molar-refractivity contribution in [2.75, 3.05) is 24.7 Å². The quantitative estimate of drug-likeness (QED) is 0.808. The predicted molar refractivity (Wildman–Crippen MR) is 87.7 cm³/mol. The van der Waals surface area contributed by atoms with Crippen molar-refractivity contribution in [3.63, 3.8) is 0 Å². The van der Waals surface area contributed by atoms with Gasteiger partial charge in [0.2, 0.25) is 0 Å². The van der Waals surface area contributed by atoms with Gasteiger partial charge in [-0.25, -0.2) is 0 Å². The molecule has 0 aromatic carbocycles. The fourth-order valence-electron chi connectivity index (χ4n) is 3.16. The van der Waals surface area contributed by atoms with Gasteiger partial charge in [0.05, 0.1) is 11.8 Å². The highest BCUT2D eigenvalue weighted by molar-refractivity contribution is 7.99. The number of rotatable bonds is 6. The van der Waals surface area contributed by atoms with Gasteiger partial charge >= 0.3 is 0 Å². The van der Waals surface area contributed by atoms with Crippen LogP contribution in [0.2, 0.25) is 0 Å². The van der Waals surface area contributed by atoms with E-state index in [1.165, 1.54) is 36.5 Å². The Morgan fingerprint density at radius 3 is 3.00 bits per heavy atom. The number of nitrogens with zero attached hydrogens (tertiary/aromatic N) is 3. The first-order valence-electron chi connectivity index (χ1n) is 8.20. The number of hydrogen-bond donors (Lipinski definition) is 0. The molecular weight excluding hydrogens is 282 g/mol. The molecule has 0 bridgehead atoms. The molecule has 3 heterocycles. The Labute approximate surface area is 132 Å². The molecule has 0 amide bonds. The summed E-state index contributed by atoms with van der Waals surface area (Å²) in [4.78, 5) is 2.61. The summed E-state index contributed by atoms with van der Waals surface area (Å²) in [6, 6.07) is 3.31. The maximum absolute atomic E-state index is 5.85. The molecule has 5 heteroatoms. The van der Waals surface area contributed by atoms with Gasteiger partial charge in [-0.2, -0.15) is 16.9 Å². The zero-order valence-corrected chi connectivity index (χ0v) is 14.0. The van der Waals surface area contributed by atoms with E-state index in [1.807, 2.05) is 0 Å². The normalized spacial score (nSPS) is 26.3. The van der Waals surface area contributed by atoms with Crippen molar-refractivity contribution in [3.05, 3.63) is 18.0 Å². The van der Waals surface area contributed by atoms with Gasteiger partial charge in [-0.1, -0.05) is 0 Å². The van der Waals surface area contributed by atoms with Gasteiger partial charge in [-0.15, -0.1) is 0 Å². The topological polar surface area (TPSA) is 30.3 Å². The summed E-state index contributed by atoms with van der Waals surface area (Å²) in [5, 5.41) is 4.72. The molecule has 118 valence electrons.